The number of hydrogen-bond donors (Lipinski definition) is 1. The van der Waals surface area contributed by atoms with Gasteiger partial charge in [-0.3, -0.25) is 0 Å². The third-order valence-electron chi connectivity index (χ3n) is 8.61. The maximum Gasteiger partial charge on any atom is 0.0704 e. The Labute approximate surface area is 301 Å². The van der Waals surface area contributed by atoms with Crippen molar-refractivity contribution in [1.29, 1.82) is 0 Å². The lowest BCUT2D eigenvalue weighted by Crippen LogP contribution is -2.33. The van der Waals surface area contributed by atoms with Crippen molar-refractivity contribution in [1.82, 2.24) is 5.32 Å². The molecular formula is C39H79NO9. The molecule has 1 fully saturated rings. The molecule has 0 aromatic carbocycles. The molecule has 49 heavy (non-hydrogen) atoms. The Kier molecular flexibility index (Phi) is 40.0. The molecule has 1 aliphatic heterocycles. The van der Waals surface area contributed by atoms with Crippen LogP contribution >= 0.6 is 0 Å². The number of piperidine rings is 1. The fourth-order valence-corrected chi connectivity index (χ4v) is 5.63. The Morgan fingerprint density at radius 3 is 0.918 bits per heavy atom. The highest BCUT2D eigenvalue weighted by atomic mass is 16.6. The van der Waals surface area contributed by atoms with Gasteiger partial charge in [-0.2, -0.15) is 0 Å². The third kappa shape index (κ3) is 38.7. The zero-order valence-corrected chi connectivity index (χ0v) is 31.9. The molecule has 1 heterocycles. The fraction of sp³-hybridized carbons (Fsp3) is 1.00. The molecule has 0 unspecified atom stereocenters. The minimum Gasteiger partial charge on any atom is -0.379 e. The van der Waals surface area contributed by atoms with E-state index >= 15 is 0 Å². The highest BCUT2D eigenvalue weighted by Crippen LogP contribution is 2.13. The Bertz CT molecular complexity index is 599. The molecule has 1 aliphatic rings. The zero-order chi connectivity index (χ0) is 34.8. The van der Waals surface area contributed by atoms with E-state index in [-0.39, 0.29) is 0 Å². The van der Waals surface area contributed by atoms with Gasteiger partial charge in [0, 0.05) is 6.61 Å². The Hall–Kier alpha value is -0.400. The lowest BCUT2D eigenvalue weighted by molar-refractivity contribution is -0.0318. The minimum absolute atomic E-state index is 0.379. The van der Waals surface area contributed by atoms with Crippen LogP contribution in [-0.2, 0) is 42.6 Å². The number of unbranched alkanes of at least 4 members (excludes halogenated alkanes) is 15. The lowest BCUT2D eigenvalue weighted by atomic mass is 10.0. The predicted molar refractivity (Wildman–Crippen MR) is 198 cm³/mol. The molecule has 0 spiro atoms. The molecule has 0 aromatic rings. The predicted octanol–water partition coefficient (Wildman–Crippen LogP) is 7.15. The molecule has 0 radical (unpaired) electrons. The molecule has 1 saturated heterocycles. The van der Waals surface area contributed by atoms with Crippen LogP contribution in [0.4, 0.5) is 0 Å². The van der Waals surface area contributed by atoms with Gasteiger partial charge < -0.3 is 47.9 Å². The number of hydrogen-bond acceptors (Lipinski definition) is 10. The Morgan fingerprint density at radius 1 is 0.327 bits per heavy atom. The first-order chi connectivity index (χ1) is 24.4. The first-order valence-corrected chi connectivity index (χ1v) is 20.4. The van der Waals surface area contributed by atoms with Gasteiger partial charge in [-0.15, -0.1) is 0 Å². The van der Waals surface area contributed by atoms with Crippen molar-refractivity contribution >= 4 is 0 Å². The molecule has 0 bridgehead atoms. The standard InChI is InChI=1S/C39H79NO9/c1-2-3-4-5-6-7-8-9-10-11-12-13-14-15-16-17-22-41-23-24-42-25-26-43-27-28-44-29-30-45-31-32-46-33-34-47-35-36-48-37-38-49-39-18-20-40-21-19-39/h39-40H,2-38H2,1H3. The van der Waals surface area contributed by atoms with E-state index in [0.717, 1.165) is 39.0 Å². The summed E-state index contributed by atoms with van der Waals surface area (Å²) >= 11 is 0. The number of ether oxygens (including phenoxy) is 9. The molecular weight excluding hydrogens is 626 g/mol. The molecule has 10 heteroatoms. The first kappa shape index (κ1) is 46.6. The van der Waals surface area contributed by atoms with E-state index in [9.17, 15) is 0 Å². The SMILES string of the molecule is CCCCCCCCCCCCCCCCCCOCCOCCOCCOCCOCCOCCOCCOCCOC1CCNCC1. The maximum absolute atomic E-state index is 5.80. The summed E-state index contributed by atoms with van der Waals surface area (Å²) in [6, 6.07) is 0. The smallest absolute Gasteiger partial charge is 0.0704 e. The zero-order valence-electron chi connectivity index (χ0n) is 31.9. The fourth-order valence-electron chi connectivity index (χ4n) is 5.63. The molecule has 0 atom stereocenters. The first-order valence-electron chi connectivity index (χ1n) is 20.4. The topological polar surface area (TPSA) is 95.1 Å². The highest BCUT2D eigenvalue weighted by Gasteiger charge is 2.12. The molecule has 0 saturated carbocycles. The minimum atomic E-state index is 0.379. The average Bonchev–Trinajstić information content (AvgIpc) is 3.12. The van der Waals surface area contributed by atoms with E-state index in [1.54, 1.807) is 0 Å². The van der Waals surface area contributed by atoms with Crippen molar-refractivity contribution in [3.05, 3.63) is 0 Å². The van der Waals surface area contributed by atoms with Crippen LogP contribution in [0.15, 0.2) is 0 Å². The number of rotatable bonds is 42. The monoisotopic (exact) mass is 706 g/mol. The van der Waals surface area contributed by atoms with Crippen LogP contribution in [0, 0.1) is 0 Å². The molecule has 1 N–H and O–H groups in total. The second kappa shape index (κ2) is 42.0. The van der Waals surface area contributed by atoms with Gasteiger partial charge in [0.2, 0.25) is 0 Å². The van der Waals surface area contributed by atoms with Crippen LogP contribution in [0.5, 0.6) is 0 Å². The average molecular weight is 706 g/mol. The van der Waals surface area contributed by atoms with Gasteiger partial charge in [-0.25, -0.2) is 0 Å². The summed E-state index contributed by atoms with van der Waals surface area (Å²) in [6.45, 7) is 14.4. The van der Waals surface area contributed by atoms with Crippen molar-refractivity contribution in [3.8, 4) is 0 Å². The van der Waals surface area contributed by atoms with E-state index in [1.165, 1.54) is 96.3 Å². The highest BCUT2D eigenvalue weighted by molar-refractivity contribution is 4.67. The van der Waals surface area contributed by atoms with Gasteiger partial charge in [-0.1, -0.05) is 103 Å². The molecule has 0 aliphatic carbocycles. The van der Waals surface area contributed by atoms with E-state index in [1.807, 2.05) is 0 Å². The summed E-state index contributed by atoms with van der Waals surface area (Å²) in [5.74, 6) is 0. The lowest BCUT2D eigenvalue weighted by Gasteiger charge is -2.22. The van der Waals surface area contributed by atoms with E-state index in [4.69, 9.17) is 42.6 Å². The van der Waals surface area contributed by atoms with Gasteiger partial charge >= 0.3 is 0 Å². The Balaban J connectivity index is 1.59. The third-order valence-corrected chi connectivity index (χ3v) is 8.61. The van der Waals surface area contributed by atoms with Gasteiger partial charge in [0.1, 0.15) is 0 Å². The summed E-state index contributed by atoms with van der Waals surface area (Å²) in [6.07, 6.45) is 24.8. The van der Waals surface area contributed by atoms with Crippen LogP contribution in [0.25, 0.3) is 0 Å². The summed E-state index contributed by atoms with van der Waals surface area (Å²) in [7, 11) is 0. The van der Waals surface area contributed by atoms with E-state index in [0.29, 0.717) is 112 Å². The summed E-state index contributed by atoms with van der Waals surface area (Å²) in [5, 5.41) is 3.34. The van der Waals surface area contributed by atoms with E-state index < -0.39 is 0 Å². The van der Waals surface area contributed by atoms with Crippen LogP contribution in [0.1, 0.15) is 122 Å². The molecule has 0 aromatic heterocycles. The second-order valence-corrected chi connectivity index (χ2v) is 13.0. The van der Waals surface area contributed by atoms with E-state index in [2.05, 4.69) is 12.2 Å². The van der Waals surface area contributed by atoms with Crippen LogP contribution in [-0.4, -0.2) is 132 Å². The van der Waals surface area contributed by atoms with Gasteiger partial charge in [0.15, 0.2) is 0 Å². The van der Waals surface area contributed by atoms with Crippen molar-refractivity contribution in [2.45, 2.75) is 129 Å². The summed E-state index contributed by atoms with van der Waals surface area (Å²) in [5.41, 5.74) is 0. The largest absolute Gasteiger partial charge is 0.379 e. The molecule has 1 rings (SSSR count). The maximum atomic E-state index is 5.80. The van der Waals surface area contributed by atoms with Crippen molar-refractivity contribution < 1.29 is 42.6 Å². The van der Waals surface area contributed by atoms with Gasteiger partial charge in [0.25, 0.3) is 0 Å². The van der Waals surface area contributed by atoms with Crippen LogP contribution < -0.4 is 5.32 Å². The molecule has 0 amide bonds. The normalized spacial score (nSPS) is 13.9. The molecule has 10 nitrogen and oxygen atoms in total. The summed E-state index contributed by atoms with van der Waals surface area (Å²) in [4.78, 5) is 0. The van der Waals surface area contributed by atoms with Crippen LogP contribution in [0.3, 0.4) is 0 Å². The summed E-state index contributed by atoms with van der Waals surface area (Å²) < 4.78 is 50.2. The van der Waals surface area contributed by atoms with Crippen molar-refractivity contribution in [2.75, 3.05) is 125 Å². The van der Waals surface area contributed by atoms with Gasteiger partial charge in [-0.05, 0) is 32.4 Å². The van der Waals surface area contributed by atoms with Crippen LogP contribution in [0.2, 0.25) is 0 Å². The second-order valence-electron chi connectivity index (χ2n) is 13.0. The quantitative estimate of drug-likeness (QED) is 0.0660. The van der Waals surface area contributed by atoms with Crippen molar-refractivity contribution in [2.24, 2.45) is 0 Å². The molecule has 294 valence electrons. The Morgan fingerprint density at radius 2 is 0.592 bits per heavy atom. The van der Waals surface area contributed by atoms with Gasteiger partial charge in [0.05, 0.1) is 112 Å². The van der Waals surface area contributed by atoms with Crippen molar-refractivity contribution in [3.63, 3.8) is 0 Å². The number of nitrogens with one attached hydrogen (secondary N) is 1.